The molecule has 1 rings (SSSR count). The monoisotopic (exact) mass is 268 g/mol. The van der Waals surface area contributed by atoms with Crippen LogP contribution in [0.4, 0.5) is 13.2 Å². The normalized spacial score (nSPS) is 11.9. The van der Waals surface area contributed by atoms with E-state index in [1.54, 1.807) is 13.8 Å². The third-order valence-electron chi connectivity index (χ3n) is 1.82. The third kappa shape index (κ3) is 3.58. The van der Waals surface area contributed by atoms with Crippen LogP contribution in [-0.2, 0) is 17.5 Å². The molecule has 0 radical (unpaired) electrons. The van der Waals surface area contributed by atoms with E-state index in [2.05, 4.69) is 5.32 Å². The minimum absolute atomic E-state index is 0.189. The second-order valence-corrected chi connectivity index (χ2v) is 4.51. The summed E-state index contributed by atoms with van der Waals surface area (Å²) in [6, 6.07) is -0.189. The fourth-order valence-corrected chi connectivity index (χ4v) is 1.98. The van der Waals surface area contributed by atoms with Crippen molar-refractivity contribution >= 4 is 17.2 Å². The molecule has 0 saturated carbocycles. The van der Waals surface area contributed by atoms with Gasteiger partial charge in [0.2, 0.25) is 5.91 Å². The number of carbonyl (C=O) groups excluding carboxylic acids is 1. The Hall–Kier alpha value is -1.31. The van der Waals surface area contributed by atoms with Gasteiger partial charge in [-0.1, -0.05) is 11.3 Å². The van der Waals surface area contributed by atoms with Crippen LogP contribution in [0.3, 0.4) is 0 Å². The predicted octanol–water partition coefficient (Wildman–Crippen LogP) is 1.45. The number of hydrogen-bond donors (Lipinski definition) is 1. The SMILES string of the molecule is CC(C)NC(=O)Cn1c(C(F)(F)F)csc1=O. The molecule has 1 aromatic rings. The van der Waals surface area contributed by atoms with Crippen molar-refractivity contribution in [1.29, 1.82) is 0 Å². The van der Waals surface area contributed by atoms with Gasteiger partial charge in [0.25, 0.3) is 0 Å². The first-order valence-electron chi connectivity index (χ1n) is 4.76. The van der Waals surface area contributed by atoms with E-state index in [4.69, 9.17) is 0 Å². The predicted molar refractivity (Wildman–Crippen MR) is 56.9 cm³/mol. The lowest BCUT2D eigenvalue weighted by molar-refractivity contribution is -0.144. The van der Waals surface area contributed by atoms with E-state index < -0.39 is 29.2 Å². The Balaban J connectivity index is 2.95. The van der Waals surface area contributed by atoms with Gasteiger partial charge in [-0.15, -0.1) is 0 Å². The zero-order valence-electron chi connectivity index (χ0n) is 9.17. The zero-order valence-corrected chi connectivity index (χ0v) is 9.98. The molecular formula is C9H11F3N2O2S. The summed E-state index contributed by atoms with van der Waals surface area (Å²) in [4.78, 5) is 21.7. The summed E-state index contributed by atoms with van der Waals surface area (Å²) in [5, 5.41) is 3.14. The Morgan fingerprint density at radius 2 is 2.12 bits per heavy atom. The van der Waals surface area contributed by atoms with Gasteiger partial charge >= 0.3 is 11.0 Å². The standard InChI is InChI=1S/C9H11F3N2O2S/c1-5(2)13-7(15)3-14-6(9(10,11)12)4-17-8(14)16/h4-5H,3H2,1-2H3,(H,13,15). The fourth-order valence-electron chi connectivity index (χ4n) is 1.21. The van der Waals surface area contributed by atoms with Gasteiger partial charge in [0.15, 0.2) is 0 Å². The number of nitrogens with zero attached hydrogens (tertiary/aromatic N) is 1. The largest absolute Gasteiger partial charge is 0.432 e. The molecule has 8 heteroatoms. The highest BCUT2D eigenvalue weighted by Gasteiger charge is 2.35. The summed E-state index contributed by atoms with van der Waals surface area (Å²) in [6.45, 7) is 2.74. The summed E-state index contributed by atoms with van der Waals surface area (Å²) in [6.07, 6.45) is -4.63. The summed E-state index contributed by atoms with van der Waals surface area (Å²) in [7, 11) is 0. The summed E-state index contributed by atoms with van der Waals surface area (Å²) >= 11 is 0.426. The van der Waals surface area contributed by atoms with E-state index in [0.717, 1.165) is 0 Å². The van der Waals surface area contributed by atoms with Crippen LogP contribution in [0, 0.1) is 0 Å². The van der Waals surface area contributed by atoms with E-state index in [1.165, 1.54) is 0 Å². The number of hydrogen-bond acceptors (Lipinski definition) is 3. The number of rotatable bonds is 3. The van der Waals surface area contributed by atoms with Gasteiger partial charge in [-0.25, -0.2) is 0 Å². The van der Waals surface area contributed by atoms with E-state index in [9.17, 15) is 22.8 Å². The van der Waals surface area contributed by atoms with Crippen molar-refractivity contribution in [2.24, 2.45) is 0 Å². The van der Waals surface area contributed by atoms with Gasteiger partial charge < -0.3 is 5.32 Å². The molecule has 0 aliphatic rings. The maximum atomic E-state index is 12.5. The highest BCUT2D eigenvalue weighted by Crippen LogP contribution is 2.29. The van der Waals surface area contributed by atoms with Gasteiger partial charge in [-0.05, 0) is 13.8 Å². The first-order valence-corrected chi connectivity index (χ1v) is 5.64. The van der Waals surface area contributed by atoms with Gasteiger partial charge in [-0.2, -0.15) is 13.2 Å². The van der Waals surface area contributed by atoms with Gasteiger partial charge in [-0.3, -0.25) is 14.2 Å². The molecule has 4 nitrogen and oxygen atoms in total. The van der Waals surface area contributed by atoms with Gasteiger partial charge in [0, 0.05) is 11.4 Å². The van der Waals surface area contributed by atoms with Crippen LogP contribution >= 0.6 is 11.3 Å². The zero-order chi connectivity index (χ0) is 13.2. The van der Waals surface area contributed by atoms with E-state index in [0.29, 0.717) is 21.3 Å². The molecule has 96 valence electrons. The average Bonchev–Trinajstić information content (AvgIpc) is 2.45. The molecule has 17 heavy (non-hydrogen) atoms. The minimum atomic E-state index is -4.63. The van der Waals surface area contributed by atoms with Crippen LogP contribution in [-0.4, -0.2) is 16.5 Å². The van der Waals surface area contributed by atoms with Crippen LogP contribution in [0.1, 0.15) is 19.5 Å². The Labute approximate surface area is 99.1 Å². The van der Waals surface area contributed by atoms with Crippen molar-refractivity contribution < 1.29 is 18.0 Å². The molecular weight excluding hydrogens is 257 g/mol. The highest BCUT2D eigenvalue weighted by molar-refractivity contribution is 7.07. The first kappa shape index (κ1) is 13.8. The van der Waals surface area contributed by atoms with Crippen LogP contribution in [0.25, 0.3) is 0 Å². The summed E-state index contributed by atoms with van der Waals surface area (Å²) in [5.74, 6) is -0.619. The van der Waals surface area contributed by atoms with Crippen LogP contribution in [0.5, 0.6) is 0 Å². The number of aromatic nitrogens is 1. The smallest absolute Gasteiger partial charge is 0.352 e. The highest BCUT2D eigenvalue weighted by atomic mass is 32.1. The molecule has 1 heterocycles. The molecule has 0 atom stereocenters. The Kier molecular flexibility index (Phi) is 3.97. The van der Waals surface area contributed by atoms with Gasteiger partial charge in [0.1, 0.15) is 12.2 Å². The maximum Gasteiger partial charge on any atom is 0.432 e. The number of thiazole rings is 1. The average molecular weight is 268 g/mol. The number of nitrogens with one attached hydrogen (secondary N) is 1. The lowest BCUT2D eigenvalue weighted by Gasteiger charge is -2.12. The van der Waals surface area contributed by atoms with E-state index >= 15 is 0 Å². The lowest BCUT2D eigenvalue weighted by atomic mass is 10.4. The van der Waals surface area contributed by atoms with Crippen molar-refractivity contribution in [3.05, 3.63) is 20.7 Å². The van der Waals surface area contributed by atoms with Crippen molar-refractivity contribution in [3.63, 3.8) is 0 Å². The molecule has 1 N–H and O–H groups in total. The number of carbonyl (C=O) groups is 1. The van der Waals surface area contributed by atoms with Crippen molar-refractivity contribution in [3.8, 4) is 0 Å². The second kappa shape index (κ2) is 4.91. The molecule has 0 spiro atoms. The third-order valence-corrected chi connectivity index (χ3v) is 2.59. The quantitative estimate of drug-likeness (QED) is 0.902. The molecule has 0 aliphatic heterocycles. The number of amides is 1. The maximum absolute atomic E-state index is 12.5. The fraction of sp³-hybridized carbons (Fsp3) is 0.556. The lowest BCUT2D eigenvalue weighted by Crippen LogP contribution is -2.36. The Bertz CT molecular complexity index is 462. The molecule has 1 aromatic heterocycles. The molecule has 0 aliphatic carbocycles. The minimum Gasteiger partial charge on any atom is -0.352 e. The number of halogens is 3. The number of alkyl halides is 3. The molecule has 0 fully saturated rings. The molecule has 0 unspecified atom stereocenters. The van der Waals surface area contributed by atoms with E-state index in [1.807, 2.05) is 0 Å². The first-order chi connectivity index (χ1) is 7.71. The van der Waals surface area contributed by atoms with Crippen LogP contribution in [0.2, 0.25) is 0 Å². The van der Waals surface area contributed by atoms with Crippen molar-refractivity contribution in [1.82, 2.24) is 9.88 Å². The van der Waals surface area contributed by atoms with Crippen molar-refractivity contribution in [2.45, 2.75) is 32.6 Å². The second-order valence-electron chi connectivity index (χ2n) is 3.69. The Morgan fingerprint density at radius 1 is 1.53 bits per heavy atom. The summed E-state index contributed by atoms with van der Waals surface area (Å²) < 4.78 is 37.9. The molecule has 1 amide bonds. The van der Waals surface area contributed by atoms with E-state index in [-0.39, 0.29) is 6.04 Å². The molecule has 0 bridgehead atoms. The van der Waals surface area contributed by atoms with Crippen LogP contribution < -0.4 is 10.2 Å². The van der Waals surface area contributed by atoms with Crippen LogP contribution in [0.15, 0.2) is 10.2 Å². The molecule has 0 saturated heterocycles. The molecule has 0 aromatic carbocycles. The summed E-state index contributed by atoms with van der Waals surface area (Å²) in [5.41, 5.74) is -1.09. The topological polar surface area (TPSA) is 51.1 Å². The van der Waals surface area contributed by atoms with Crippen molar-refractivity contribution in [2.75, 3.05) is 0 Å². The Morgan fingerprint density at radius 3 is 2.59 bits per heavy atom. The van der Waals surface area contributed by atoms with Gasteiger partial charge in [0.05, 0.1) is 0 Å².